The number of halogens is 4. The fourth-order valence-electron chi connectivity index (χ4n) is 1.84. The van der Waals surface area contributed by atoms with Gasteiger partial charge in [0.1, 0.15) is 18.1 Å². The standard InChI is InChI=1S/C12H14F4N6/c1-7-9(6-19-22(7)4-3-13)20-11-18-5-8(12(14,15)16)10(17-2)21-11/h5-6H,3-4H2,1-2H3,(H2,17,18,20,21). The van der Waals surface area contributed by atoms with Gasteiger partial charge in [-0.3, -0.25) is 4.68 Å². The molecule has 0 atom stereocenters. The second-order valence-corrected chi connectivity index (χ2v) is 4.38. The Morgan fingerprint density at radius 1 is 1.27 bits per heavy atom. The van der Waals surface area contributed by atoms with Crippen molar-refractivity contribution in [2.75, 3.05) is 24.4 Å². The number of hydrogen-bond donors (Lipinski definition) is 2. The molecule has 2 aromatic heterocycles. The van der Waals surface area contributed by atoms with Crippen LogP contribution in [0.3, 0.4) is 0 Å². The number of hydrogen-bond acceptors (Lipinski definition) is 5. The lowest BCUT2D eigenvalue weighted by atomic mass is 10.3. The van der Waals surface area contributed by atoms with Gasteiger partial charge in [-0.2, -0.15) is 23.3 Å². The highest BCUT2D eigenvalue weighted by Crippen LogP contribution is 2.33. The summed E-state index contributed by atoms with van der Waals surface area (Å²) in [6, 6.07) is 0. The summed E-state index contributed by atoms with van der Waals surface area (Å²) < 4.78 is 52.0. The summed E-state index contributed by atoms with van der Waals surface area (Å²) in [6.45, 7) is 1.24. The minimum absolute atomic E-state index is 0.0137. The molecule has 0 fully saturated rings. The van der Waals surface area contributed by atoms with Crippen LogP contribution < -0.4 is 10.6 Å². The van der Waals surface area contributed by atoms with E-state index < -0.39 is 18.4 Å². The molecule has 0 saturated heterocycles. The number of rotatable bonds is 5. The van der Waals surface area contributed by atoms with Gasteiger partial charge in [-0.05, 0) is 6.92 Å². The predicted molar refractivity (Wildman–Crippen MR) is 72.8 cm³/mol. The van der Waals surface area contributed by atoms with E-state index in [9.17, 15) is 17.6 Å². The molecule has 2 rings (SSSR count). The van der Waals surface area contributed by atoms with Gasteiger partial charge >= 0.3 is 6.18 Å². The van der Waals surface area contributed by atoms with Gasteiger partial charge in [0, 0.05) is 13.2 Å². The molecule has 0 aliphatic carbocycles. The Morgan fingerprint density at radius 2 is 2.00 bits per heavy atom. The van der Waals surface area contributed by atoms with Crippen molar-refractivity contribution in [2.45, 2.75) is 19.6 Å². The molecule has 2 aromatic rings. The molecule has 120 valence electrons. The molecule has 0 aromatic carbocycles. The maximum atomic E-state index is 12.8. The smallest absolute Gasteiger partial charge is 0.372 e. The van der Waals surface area contributed by atoms with E-state index in [2.05, 4.69) is 25.7 Å². The number of aryl methyl sites for hydroxylation is 1. The maximum absolute atomic E-state index is 12.8. The Hall–Kier alpha value is -2.39. The average molecular weight is 318 g/mol. The number of nitrogens with one attached hydrogen (secondary N) is 2. The van der Waals surface area contributed by atoms with Crippen LogP contribution >= 0.6 is 0 Å². The Morgan fingerprint density at radius 3 is 2.59 bits per heavy atom. The Bertz CT molecular complexity index is 652. The number of nitrogens with zero attached hydrogens (tertiary/aromatic N) is 4. The molecule has 0 radical (unpaired) electrons. The van der Waals surface area contributed by atoms with Crippen molar-refractivity contribution in [3.63, 3.8) is 0 Å². The van der Waals surface area contributed by atoms with Crippen LogP contribution in [-0.2, 0) is 12.7 Å². The minimum Gasteiger partial charge on any atom is -0.372 e. The number of anilines is 3. The van der Waals surface area contributed by atoms with Crippen molar-refractivity contribution >= 4 is 17.5 Å². The van der Waals surface area contributed by atoms with Gasteiger partial charge in [0.15, 0.2) is 0 Å². The molecule has 0 unspecified atom stereocenters. The summed E-state index contributed by atoms with van der Waals surface area (Å²) in [5.41, 5.74) is 0.174. The average Bonchev–Trinajstić information content (AvgIpc) is 2.79. The molecule has 10 heteroatoms. The van der Waals surface area contributed by atoms with Crippen molar-refractivity contribution in [2.24, 2.45) is 0 Å². The lowest BCUT2D eigenvalue weighted by molar-refractivity contribution is -0.137. The van der Waals surface area contributed by atoms with Crippen LogP contribution in [0.1, 0.15) is 11.3 Å². The lowest BCUT2D eigenvalue weighted by Gasteiger charge is -2.12. The summed E-state index contributed by atoms with van der Waals surface area (Å²) >= 11 is 0. The third-order valence-electron chi connectivity index (χ3n) is 2.98. The maximum Gasteiger partial charge on any atom is 0.421 e. The topological polar surface area (TPSA) is 67.7 Å². The van der Waals surface area contributed by atoms with Gasteiger partial charge in [-0.25, -0.2) is 9.37 Å². The second kappa shape index (κ2) is 6.16. The zero-order chi connectivity index (χ0) is 16.3. The van der Waals surface area contributed by atoms with Gasteiger partial charge in [0.25, 0.3) is 0 Å². The van der Waals surface area contributed by atoms with Gasteiger partial charge in [0.05, 0.1) is 24.1 Å². The second-order valence-electron chi connectivity index (χ2n) is 4.38. The van der Waals surface area contributed by atoms with Crippen LogP contribution in [0.5, 0.6) is 0 Å². The molecule has 0 aliphatic rings. The molecule has 6 nitrogen and oxygen atoms in total. The van der Waals surface area contributed by atoms with E-state index in [-0.39, 0.29) is 18.3 Å². The zero-order valence-electron chi connectivity index (χ0n) is 11.9. The van der Waals surface area contributed by atoms with E-state index in [4.69, 9.17) is 0 Å². The lowest BCUT2D eigenvalue weighted by Crippen LogP contribution is -2.12. The highest BCUT2D eigenvalue weighted by atomic mass is 19.4. The summed E-state index contributed by atoms with van der Waals surface area (Å²) in [5, 5.41) is 9.12. The summed E-state index contributed by atoms with van der Waals surface area (Å²) in [6.07, 6.45) is -2.41. The zero-order valence-corrected chi connectivity index (χ0v) is 11.9. The van der Waals surface area contributed by atoms with Gasteiger partial charge in [0.2, 0.25) is 5.95 Å². The Balaban J connectivity index is 2.27. The molecule has 0 spiro atoms. The third kappa shape index (κ3) is 3.26. The van der Waals surface area contributed by atoms with E-state index in [1.165, 1.54) is 17.9 Å². The largest absolute Gasteiger partial charge is 0.421 e. The first-order chi connectivity index (χ1) is 10.4. The Labute approximate surface area is 123 Å². The molecule has 22 heavy (non-hydrogen) atoms. The van der Waals surface area contributed by atoms with Gasteiger partial charge < -0.3 is 10.6 Å². The molecule has 2 heterocycles. The van der Waals surface area contributed by atoms with E-state index >= 15 is 0 Å². The molecular weight excluding hydrogens is 304 g/mol. The predicted octanol–water partition coefficient (Wildman–Crippen LogP) is 2.76. The van der Waals surface area contributed by atoms with Crippen LogP contribution in [0.4, 0.5) is 35.0 Å². The third-order valence-corrected chi connectivity index (χ3v) is 2.98. The van der Waals surface area contributed by atoms with E-state index in [1.54, 1.807) is 6.92 Å². The molecular formula is C12H14F4N6. The monoisotopic (exact) mass is 318 g/mol. The van der Waals surface area contributed by atoms with E-state index in [1.807, 2.05) is 0 Å². The van der Waals surface area contributed by atoms with E-state index in [0.717, 1.165) is 0 Å². The van der Waals surface area contributed by atoms with Crippen molar-refractivity contribution in [3.05, 3.63) is 23.7 Å². The van der Waals surface area contributed by atoms with Crippen LogP contribution in [0.2, 0.25) is 0 Å². The van der Waals surface area contributed by atoms with Crippen LogP contribution in [0.25, 0.3) is 0 Å². The summed E-state index contributed by atoms with van der Waals surface area (Å²) in [5.74, 6) is -0.348. The van der Waals surface area contributed by atoms with Crippen molar-refractivity contribution in [3.8, 4) is 0 Å². The van der Waals surface area contributed by atoms with Crippen molar-refractivity contribution < 1.29 is 17.6 Å². The first-order valence-electron chi connectivity index (χ1n) is 6.34. The molecule has 0 aliphatic heterocycles. The quantitative estimate of drug-likeness (QED) is 0.830. The molecule has 2 N–H and O–H groups in total. The first kappa shape index (κ1) is 16.0. The van der Waals surface area contributed by atoms with Crippen LogP contribution in [-0.4, -0.2) is 33.5 Å². The summed E-state index contributed by atoms with van der Waals surface area (Å²) in [4.78, 5) is 7.44. The summed E-state index contributed by atoms with van der Waals surface area (Å²) in [7, 11) is 1.34. The van der Waals surface area contributed by atoms with Crippen molar-refractivity contribution in [1.82, 2.24) is 19.7 Å². The molecule has 0 amide bonds. The number of alkyl halides is 4. The van der Waals surface area contributed by atoms with Gasteiger partial charge in [-0.1, -0.05) is 0 Å². The highest BCUT2D eigenvalue weighted by molar-refractivity contribution is 5.57. The Kier molecular flexibility index (Phi) is 4.48. The first-order valence-corrected chi connectivity index (χ1v) is 6.34. The normalized spacial score (nSPS) is 11.5. The molecule has 0 bridgehead atoms. The number of aromatic nitrogens is 4. The SMILES string of the molecule is CNc1nc(Nc2cnn(CCF)c2C)ncc1C(F)(F)F. The van der Waals surface area contributed by atoms with E-state index in [0.29, 0.717) is 17.6 Å². The van der Waals surface area contributed by atoms with Crippen LogP contribution in [0.15, 0.2) is 12.4 Å². The highest BCUT2D eigenvalue weighted by Gasteiger charge is 2.35. The fraction of sp³-hybridized carbons (Fsp3) is 0.417. The minimum atomic E-state index is -4.54. The van der Waals surface area contributed by atoms with Crippen LogP contribution in [0, 0.1) is 6.92 Å². The van der Waals surface area contributed by atoms with Gasteiger partial charge in [-0.15, -0.1) is 0 Å². The van der Waals surface area contributed by atoms with Crippen molar-refractivity contribution in [1.29, 1.82) is 0 Å². The molecule has 0 saturated carbocycles. The fourth-order valence-corrected chi connectivity index (χ4v) is 1.84.